The second-order valence-corrected chi connectivity index (χ2v) is 4.88. The Balaban J connectivity index is 2.18. The van der Waals surface area contributed by atoms with E-state index in [9.17, 15) is 4.79 Å². The summed E-state index contributed by atoms with van der Waals surface area (Å²) in [5, 5.41) is 3.68. The maximum absolute atomic E-state index is 12.5. The summed E-state index contributed by atoms with van der Waals surface area (Å²) in [6.45, 7) is 5.12. The quantitative estimate of drug-likeness (QED) is 0.881. The van der Waals surface area contributed by atoms with Gasteiger partial charge in [-0.25, -0.2) is 0 Å². The molecule has 0 bridgehead atoms. The van der Waals surface area contributed by atoms with Gasteiger partial charge in [-0.3, -0.25) is 4.79 Å². The van der Waals surface area contributed by atoms with Crippen LogP contribution in [0.5, 0.6) is 0 Å². The van der Waals surface area contributed by atoms with Crippen molar-refractivity contribution in [1.29, 1.82) is 0 Å². The Bertz CT molecular complexity index is 416. The van der Waals surface area contributed by atoms with Gasteiger partial charge >= 0.3 is 0 Å². The van der Waals surface area contributed by atoms with Crippen molar-refractivity contribution in [3.63, 3.8) is 0 Å². The minimum atomic E-state index is 0.0154. The zero-order valence-electron chi connectivity index (χ0n) is 11.1. The number of hydrogen-bond acceptors (Lipinski definition) is 4. The Labute approximate surface area is 107 Å². The van der Waals surface area contributed by atoms with Crippen LogP contribution in [0.25, 0.3) is 0 Å². The van der Waals surface area contributed by atoms with Gasteiger partial charge in [0, 0.05) is 12.6 Å². The van der Waals surface area contributed by atoms with Crippen LogP contribution in [0, 0.1) is 12.8 Å². The molecule has 0 radical (unpaired) electrons. The van der Waals surface area contributed by atoms with Gasteiger partial charge in [0.15, 0.2) is 0 Å². The van der Waals surface area contributed by atoms with Crippen LogP contribution in [0.1, 0.15) is 42.3 Å². The first-order chi connectivity index (χ1) is 8.69. The van der Waals surface area contributed by atoms with Crippen LogP contribution < -0.4 is 5.73 Å². The van der Waals surface area contributed by atoms with Gasteiger partial charge in [0.25, 0.3) is 5.91 Å². The maximum atomic E-state index is 12.5. The van der Waals surface area contributed by atoms with Crippen molar-refractivity contribution in [3.8, 4) is 0 Å². The predicted molar refractivity (Wildman–Crippen MR) is 68.1 cm³/mol. The molecule has 1 saturated carbocycles. The van der Waals surface area contributed by atoms with E-state index in [0.717, 1.165) is 19.3 Å². The molecule has 0 aliphatic heterocycles. The summed E-state index contributed by atoms with van der Waals surface area (Å²) in [7, 11) is 0. The SMILES string of the molecule is CCN(C(=O)c1cnoc1C)C1CCCC1CN. The van der Waals surface area contributed by atoms with Crippen LogP contribution in [0.3, 0.4) is 0 Å². The fourth-order valence-electron chi connectivity index (χ4n) is 2.89. The Morgan fingerprint density at radius 2 is 2.39 bits per heavy atom. The van der Waals surface area contributed by atoms with E-state index >= 15 is 0 Å². The highest BCUT2D eigenvalue weighted by Gasteiger charge is 2.34. The Morgan fingerprint density at radius 3 is 2.94 bits per heavy atom. The fraction of sp³-hybridized carbons (Fsp3) is 0.692. The van der Waals surface area contributed by atoms with Crippen LogP contribution >= 0.6 is 0 Å². The van der Waals surface area contributed by atoms with Gasteiger partial charge in [0.05, 0.1) is 6.20 Å². The van der Waals surface area contributed by atoms with E-state index in [1.807, 2.05) is 11.8 Å². The maximum Gasteiger partial charge on any atom is 0.259 e. The molecular formula is C13H21N3O2. The average molecular weight is 251 g/mol. The van der Waals surface area contributed by atoms with E-state index in [2.05, 4.69) is 5.16 Å². The number of carbonyl (C=O) groups excluding carboxylic acids is 1. The zero-order valence-corrected chi connectivity index (χ0v) is 11.1. The first-order valence-corrected chi connectivity index (χ1v) is 6.61. The summed E-state index contributed by atoms with van der Waals surface area (Å²) in [5.41, 5.74) is 6.37. The van der Waals surface area contributed by atoms with Crippen molar-refractivity contribution in [1.82, 2.24) is 10.1 Å². The molecule has 1 heterocycles. The number of rotatable bonds is 4. The molecule has 18 heavy (non-hydrogen) atoms. The normalized spacial score (nSPS) is 23.3. The van der Waals surface area contributed by atoms with Crippen molar-refractivity contribution in [2.75, 3.05) is 13.1 Å². The molecule has 1 amide bonds. The molecule has 100 valence electrons. The number of hydrogen-bond donors (Lipinski definition) is 1. The average Bonchev–Trinajstić information content (AvgIpc) is 2.98. The molecule has 0 saturated heterocycles. The van der Waals surface area contributed by atoms with Gasteiger partial charge in [0.2, 0.25) is 0 Å². The van der Waals surface area contributed by atoms with Crippen molar-refractivity contribution >= 4 is 5.91 Å². The summed E-state index contributed by atoms with van der Waals surface area (Å²) >= 11 is 0. The van der Waals surface area contributed by atoms with Crippen molar-refractivity contribution < 1.29 is 9.32 Å². The van der Waals surface area contributed by atoms with Crippen molar-refractivity contribution in [2.45, 2.75) is 39.2 Å². The minimum absolute atomic E-state index is 0.0154. The molecule has 0 spiro atoms. The smallest absolute Gasteiger partial charge is 0.259 e. The van der Waals surface area contributed by atoms with Gasteiger partial charge in [-0.2, -0.15) is 0 Å². The van der Waals surface area contributed by atoms with Crippen LogP contribution in [-0.4, -0.2) is 35.1 Å². The largest absolute Gasteiger partial charge is 0.361 e. The van der Waals surface area contributed by atoms with Gasteiger partial charge < -0.3 is 15.2 Å². The Morgan fingerprint density at radius 1 is 1.61 bits per heavy atom. The number of nitrogens with two attached hydrogens (primary N) is 1. The second-order valence-electron chi connectivity index (χ2n) is 4.88. The van der Waals surface area contributed by atoms with Crippen LogP contribution in [0.15, 0.2) is 10.7 Å². The summed E-state index contributed by atoms with van der Waals surface area (Å²) < 4.78 is 4.97. The van der Waals surface area contributed by atoms with E-state index in [1.165, 1.54) is 6.20 Å². The molecule has 1 aromatic rings. The van der Waals surface area contributed by atoms with E-state index in [1.54, 1.807) is 6.92 Å². The predicted octanol–water partition coefficient (Wildman–Crippen LogP) is 1.57. The molecule has 1 aliphatic carbocycles. The van der Waals surface area contributed by atoms with E-state index < -0.39 is 0 Å². The monoisotopic (exact) mass is 251 g/mol. The summed E-state index contributed by atoms with van der Waals surface area (Å²) in [4.78, 5) is 14.4. The van der Waals surface area contributed by atoms with Gasteiger partial charge in [0.1, 0.15) is 11.3 Å². The van der Waals surface area contributed by atoms with Crippen molar-refractivity contribution in [3.05, 3.63) is 17.5 Å². The first-order valence-electron chi connectivity index (χ1n) is 6.61. The number of carbonyl (C=O) groups is 1. The lowest BCUT2D eigenvalue weighted by Gasteiger charge is -2.31. The van der Waals surface area contributed by atoms with E-state index in [-0.39, 0.29) is 11.9 Å². The highest BCUT2D eigenvalue weighted by Crippen LogP contribution is 2.30. The Kier molecular flexibility index (Phi) is 4.01. The lowest BCUT2D eigenvalue weighted by molar-refractivity contribution is 0.0650. The van der Waals surface area contributed by atoms with E-state index in [0.29, 0.717) is 30.3 Å². The third-order valence-corrected chi connectivity index (χ3v) is 3.90. The molecule has 1 fully saturated rings. The highest BCUT2D eigenvalue weighted by molar-refractivity contribution is 5.95. The molecule has 2 atom stereocenters. The third kappa shape index (κ3) is 2.27. The highest BCUT2D eigenvalue weighted by atomic mass is 16.5. The standard InChI is InChI=1S/C13H21N3O2/c1-3-16(12-6-4-5-10(12)7-14)13(17)11-8-15-18-9(11)2/h8,10,12H,3-7,14H2,1-2H3. The molecular weight excluding hydrogens is 230 g/mol. The minimum Gasteiger partial charge on any atom is -0.361 e. The first kappa shape index (κ1) is 13.1. The summed E-state index contributed by atoms with van der Waals surface area (Å²) in [5.74, 6) is 1.02. The second kappa shape index (κ2) is 5.52. The lowest BCUT2D eigenvalue weighted by atomic mass is 10.0. The summed E-state index contributed by atoms with van der Waals surface area (Å²) in [6.07, 6.45) is 4.82. The molecule has 5 heteroatoms. The lowest BCUT2D eigenvalue weighted by Crippen LogP contribution is -2.44. The zero-order chi connectivity index (χ0) is 13.1. The molecule has 2 unspecified atom stereocenters. The molecule has 2 rings (SSSR count). The Hall–Kier alpha value is -1.36. The fourth-order valence-corrected chi connectivity index (χ4v) is 2.89. The number of aromatic nitrogens is 1. The van der Waals surface area contributed by atoms with Crippen LogP contribution in [-0.2, 0) is 0 Å². The van der Waals surface area contributed by atoms with Gasteiger partial charge in [-0.15, -0.1) is 0 Å². The molecule has 2 N–H and O–H groups in total. The van der Waals surface area contributed by atoms with Crippen LogP contribution in [0.4, 0.5) is 0 Å². The topological polar surface area (TPSA) is 72.4 Å². The van der Waals surface area contributed by atoms with Crippen molar-refractivity contribution in [2.24, 2.45) is 11.7 Å². The molecule has 1 aliphatic rings. The number of nitrogens with zero attached hydrogens (tertiary/aromatic N) is 2. The van der Waals surface area contributed by atoms with E-state index in [4.69, 9.17) is 10.3 Å². The number of aryl methyl sites for hydroxylation is 1. The van der Waals surface area contributed by atoms with Crippen LogP contribution in [0.2, 0.25) is 0 Å². The number of amides is 1. The molecule has 0 aromatic carbocycles. The third-order valence-electron chi connectivity index (χ3n) is 3.90. The van der Waals surface area contributed by atoms with Gasteiger partial charge in [-0.05, 0) is 39.2 Å². The molecule has 1 aromatic heterocycles. The molecule has 5 nitrogen and oxygen atoms in total. The summed E-state index contributed by atoms with van der Waals surface area (Å²) in [6, 6.07) is 0.266. The van der Waals surface area contributed by atoms with Gasteiger partial charge in [-0.1, -0.05) is 11.6 Å².